The van der Waals surface area contributed by atoms with E-state index in [4.69, 9.17) is 4.74 Å². The summed E-state index contributed by atoms with van der Waals surface area (Å²) in [5.41, 5.74) is 0.726. The van der Waals surface area contributed by atoms with E-state index in [0.717, 1.165) is 24.6 Å². The molecule has 1 fully saturated rings. The predicted molar refractivity (Wildman–Crippen MR) is 62.5 cm³/mol. The Balaban J connectivity index is 1.65. The van der Waals surface area contributed by atoms with Crippen molar-refractivity contribution in [2.24, 2.45) is 13.0 Å². The molecule has 0 saturated heterocycles. The minimum atomic E-state index is 0.0705. The van der Waals surface area contributed by atoms with E-state index >= 15 is 0 Å². The summed E-state index contributed by atoms with van der Waals surface area (Å²) in [4.78, 5) is 11.7. The number of ether oxygens (including phenoxy) is 1. The van der Waals surface area contributed by atoms with Gasteiger partial charge in [-0.2, -0.15) is 0 Å². The normalized spacial score (nSPS) is 16.1. The lowest BCUT2D eigenvalue weighted by molar-refractivity contribution is 0.0697. The second-order valence-electron chi connectivity index (χ2n) is 4.57. The van der Waals surface area contributed by atoms with Crippen LogP contribution in [0.2, 0.25) is 0 Å². The predicted octanol–water partition coefficient (Wildman–Crippen LogP) is 2.41. The fraction of sp³-hybridized carbons (Fsp3) is 0.615. The molecule has 1 aromatic heterocycles. The van der Waals surface area contributed by atoms with Crippen LogP contribution in [0, 0.1) is 5.92 Å². The number of aromatic nitrogens is 1. The van der Waals surface area contributed by atoms with E-state index in [1.165, 1.54) is 19.3 Å². The fourth-order valence-corrected chi connectivity index (χ4v) is 2.02. The van der Waals surface area contributed by atoms with Crippen LogP contribution in [-0.2, 0) is 11.8 Å². The molecule has 1 aromatic rings. The lowest BCUT2D eigenvalue weighted by Crippen LogP contribution is -2.17. The van der Waals surface area contributed by atoms with Gasteiger partial charge in [-0.1, -0.05) is 19.3 Å². The first-order valence-electron chi connectivity index (χ1n) is 5.99. The highest BCUT2D eigenvalue weighted by Gasteiger charge is 2.17. The summed E-state index contributed by atoms with van der Waals surface area (Å²) in [6, 6.07) is 3.71. The van der Waals surface area contributed by atoms with Crippen molar-refractivity contribution < 1.29 is 9.53 Å². The fourth-order valence-electron chi connectivity index (χ4n) is 2.02. The summed E-state index contributed by atoms with van der Waals surface area (Å²) >= 11 is 0. The SMILES string of the molecule is Cn1cccc1C(=O)COCCC1CCC1. The molecular weight excluding hydrogens is 202 g/mol. The third-order valence-electron chi connectivity index (χ3n) is 3.36. The average molecular weight is 221 g/mol. The van der Waals surface area contributed by atoms with E-state index in [1.54, 1.807) is 0 Å². The van der Waals surface area contributed by atoms with Crippen molar-refractivity contribution in [1.29, 1.82) is 0 Å². The lowest BCUT2D eigenvalue weighted by Gasteiger charge is -2.24. The summed E-state index contributed by atoms with van der Waals surface area (Å²) in [5.74, 6) is 0.922. The summed E-state index contributed by atoms with van der Waals surface area (Å²) in [7, 11) is 1.88. The third kappa shape index (κ3) is 2.73. The van der Waals surface area contributed by atoms with Crippen molar-refractivity contribution in [2.45, 2.75) is 25.7 Å². The van der Waals surface area contributed by atoms with E-state index in [1.807, 2.05) is 29.9 Å². The van der Waals surface area contributed by atoms with Crippen LogP contribution in [0.1, 0.15) is 36.2 Å². The van der Waals surface area contributed by atoms with Gasteiger partial charge in [0.1, 0.15) is 6.61 Å². The molecule has 0 bridgehead atoms. The lowest BCUT2D eigenvalue weighted by atomic mass is 9.83. The number of hydrogen-bond donors (Lipinski definition) is 0. The number of hydrogen-bond acceptors (Lipinski definition) is 2. The van der Waals surface area contributed by atoms with Crippen molar-refractivity contribution in [1.82, 2.24) is 4.57 Å². The largest absolute Gasteiger partial charge is 0.373 e. The molecule has 88 valence electrons. The van der Waals surface area contributed by atoms with Crippen molar-refractivity contribution in [3.05, 3.63) is 24.0 Å². The van der Waals surface area contributed by atoms with Crippen molar-refractivity contribution in [2.75, 3.05) is 13.2 Å². The van der Waals surface area contributed by atoms with Gasteiger partial charge in [-0.3, -0.25) is 4.79 Å². The van der Waals surface area contributed by atoms with Gasteiger partial charge >= 0.3 is 0 Å². The standard InChI is InChI=1S/C13H19NO2/c1-14-8-3-6-12(14)13(15)10-16-9-7-11-4-2-5-11/h3,6,8,11H,2,4-5,7,9-10H2,1H3. The van der Waals surface area contributed by atoms with Gasteiger partial charge in [-0.15, -0.1) is 0 Å². The summed E-state index contributed by atoms with van der Waals surface area (Å²) in [5, 5.41) is 0. The molecule has 0 aromatic carbocycles. The van der Waals surface area contributed by atoms with Gasteiger partial charge in [0.2, 0.25) is 5.78 Å². The summed E-state index contributed by atoms with van der Waals surface area (Å²) in [6.07, 6.45) is 7.04. The Kier molecular flexibility index (Phi) is 3.78. The first-order chi connectivity index (χ1) is 7.77. The zero-order chi connectivity index (χ0) is 11.4. The summed E-state index contributed by atoms with van der Waals surface area (Å²) < 4.78 is 7.25. The molecule has 0 spiro atoms. The second kappa shape index (κ2) is 5.30. The number of ketones is 1. The molecule has 0 N–H and O–H groups in total. The van der Waals surface area contributed by atoms with Gasteiger partial charge in [0, 0.05) is 19.9 Å². The molecule has 1 heterocycles. The van der Waals surface area contributed by atoms with Gasteiger partial charge in [0.25, 0.3) is 0 Å². The topological polar surface area (TPSA) is 31.2 Å². The number of nitrogens with zero attached hydrogens (tertiary/aromatic N) is 1. The van der Waals surface area contributed by atoms with Crippen LogP contribution in [0.3, 0.4) is 0 Å². The Hall–Kier alpha value is -1.09. The average Bonchev–Trinajstić information content (AvgIpc) is 2.61. The zero-order valence-corrected chi connectivity index (χ0v) is 9.82. The smallest absolute Gasteiger partial charge is 0.204 e. The van der Waals surface area contributed by atoms with Crippen molar-refractivity contribution in [3.63, 3.8) is 0 Å². The molecule has 0 radical (unpaired) electrons. The van der Waals surface area contributed by atoms with E-state index in [-0.39, 0.29) is 12.4 Å². The molecule has 2 rings (SSSR count). The van der Waals surface area contributed by atoms with Crippen LogP contribution < -0.4 is 0 Å². The minimum Gasteiger partial charge on any atom is -0.373 e. The minimum absolute atomic E-state index is 0.0705. The maximum Gasteiger partial charge on any atom is 0.204 e. The van der Waals surface area contributed by atoms with Gasteiger partial charge in [-0.05, 0) is 24.5 Å². The maximum absolute atomic E-state index is 11.7. The molecule has 1 aliphatic rings. The van der Waals surface area contributed by atoms with Crippen LogP contribution in [0.4, 0.5) is 0 Å². The van der Waals surface area contributed by atoms with Crippen LogP contribution >= 0.6 is 0 Å². The monoisotopic (exact) mass is 221 g/mol. The maximum atomic E-state index is 11.7. The first kappa shape index (κ1) is 11.4. The van der Waals surface area contributed by atoms with Gasteiger partial charge < -0.3 is 9.30 Å². The third-order valence-corrected chi connectivity index (χ3v) is 3.36. The highest BCUT2D eigenvalue weighted by molar-refractivity contribution is 5.95. The number of carbonyl (C=O) groups excluding carboxylic acids is 1. The molecule has 0 unspecified atom stereocenters. The van der Waals surface area contributed by atoms with Crippen molar-refractivity contribution >= 4 is 5.78 Å². The first-order valence-corrected chi connectivity index (χ1v) is 5.99. The van der Waals surface area contributed by atoms with Crippen LogP contribution in [-0.4, -0.2) is 23.6 Å². The van der Waals surface area contributed by atoms with E-state index in [2.05, 4.69) is 0 Å². The molecule has 1 saturated carbocycles. The summed E-state index contributed by atoms with van der Waals surface area (Å²) in [6.45, 7) is 0.936. The Morgan fingerprint density at radius 3 is 2.94 bits per heavy atom. The quantitative estimate of drug-likeness (QED) is 0.545. The van der Waals surface area contributed by atoms with Gasteiger partial charge in [0.15, 0.2) is 0 Å². The Labute approximate surface area is 96.4 Å². The molecular formula is C13H19NO2. The molecule has 0 atom stereocenters. The molecule has 0 aliphatic heterocycles. The van der Waals surface area contributed by atoms with E-state index in [9.17, 15) is 4.79 Å². The van der Waals surface area contributed by atoms with Crippen LogP contribution in [0.5, 0.6) is 0 Å². The van der Waals surface area contributed by atoms with Crippen LogP contribution in [0.25, 0.3) is 0 Å². The number of rotatable bonds is 6. The molecule has 16 heavy (non-hydrogen) atoms. The number of aryl methyl sites for hydroxylation is 1. The number of Topliss-reactive ketones (excluding diaryl/α,β-unsaturated/α-hetero) is 1. The van der Waals surface area contributed by atoms with E-state index < -0.39 is 0 Å². The van der Waals surface area contributed by atoms with E-state index in [0.29, 0.717) is 0 Å². The van der Waals surface area contributed by atoms with Crippen molar-refractivity contribution in [3.8, 4) is 0 Å². The Morgan fingerprint density at radius 2 is 2.38 bits per heavy atom. The highest BCUT2D eigenvalue weighted by Crippen LogP contribution is 2.29. The van der Waals surface area contributed by atoms with Gasteiger partial charge in [0.05, 0.1) is 5.69 Å². The Morgan fingerprint density at radius 1 is 1.56 bits per heavy atom. The van der Waals surface area contributed by atoms with Crippen LogP contribution in [0.15, 0.2) is 18.3 Å². The highest BCUT2D eigenvalue weighted by atomic mass is 16.5. The molecule has 3 nitrogen and oxygen atoms in total. The molecule has 1 aliphatic carbocycles. The molecule has 0 amide bonds. The van der Waals surface area contributed by atoms with Gasteiger partial charge in [-0.25, -0.2) is 0 Å². The molecule has 3 heteroatoms. The second-order valence-corrected chi connectivity index (χ2v) is 4.57. The Bertz CT molecular complexity index is 353. The zero-order valence-electron chi connectivity index (χ0n) is 9.82. The number of carbonyl (C=O) groups is 1.